The minimum Gasteiger partial charge on any atom is -0.488 e. The summed E-state index contributed by atoms with van der Waals surface area (Å²) >= 11 is 0. The Morgan fingerprint density at radius 3 is 2.65 bits per heavy atom. The highest BCUT2D eigenvalue weighted by Gasteiger charge is 2.36. The molecule has 1 aromatic rings. The molecule has 1 N–H and O–H groups in total. The van der Waals surface area contributed by atoms with Gasteiger partial charge in [0.25, 0.3) is 10.0 Å². The Bertz CT molecular complexity index is 768. The van der Waals surface area contributed by atoms with Crippen molar-refractivity contribution in [1.82, 2.24) is 0 Å². The van der Waals surface area contributed by atoms with Crippen LogP contribution in [0.1, 0.15) is 25.7 Å². The summed E-state index contributed by atoms with van der Waals surface area (Å²) in [6.45, 7) is 1.17. The number of benzene rings is 1. The van der Waals surface area contributed by atoms with Crippen molar-refractivity contribution in [3.8, 4) is 5.75 Å². The number of fused-ring (bicyclic) bond motifs is 1. The quantitative estimate of drug-likeness (QED) is 0.914. The summed E-state index contributed by atoms with van der Waals surface area (Å²) in [7, 11) is -3.90. The predicted molar refractivity (Wildman–Crippen MR) is 81.8 cm³/mol. The molecule has 0 atom stereocenters. The maximum absolute atomic E-state index is 13.9. The zero-order valence-corrected chi connectivity index (χ0v) is 13.2. The summed E-state index contributed by atoms with van der Waals surface area (Å²) in [6.07, 6.45) is 3.10. The van der Waals surface area contributed by atoms with Gasteiger partial charge in [0.15, 0.2) is 0 Å². The van der Waals surface area contributed by atoms with E-state index in [1.54, 1.807) is 0 Å². The van der Waals surface area contributed by atoms with E-state index in [2.05, 4.69) is 9.71 Å². The average Bonchev–Trinajstić information content (AvgIpc) is 3.33. The van der Waals surface area contributed by atoms with Gasteiger partial charge in [0.1, 0.15) is 34.1 Å². The molecule has 0 radical (unpaired) electrons. The molecule has 8 heteroatoms. The standard InChI is InChI=1S/C15H17FN2O4S/c16-10-7-12(22-11-3-5-21-6-4-11)14-13(8-10)23(19,20)18-15(17-14)9-1-2-9/h7-9,11H,1-6H2,(H,17,18). The van der Waals surface area contributed by atoms with E-state index in [0.29, 0.717) is 37.6 Å². The van der Waals surface area contributed by atoms with Crippen molar-refractivity contribution >= 4 is 21.5 Å². The lowest BCUT2D eigenvalue weighted by atomic mass is 10.1. The van der Waals surface area contributed by atoms with Crippen molar-refractivity contribution in [3.63, 3.8) is 0 Å². The van der Waals surface area contributed by atoms with Crippen LogP contribution in [0.5, 0.6) is 5.75 Å². The first-order valence-electron chi connectivity index (χ1n) is 7.73. The zero-order valence-electron chi connectivity index (χ0n) is 12.4. The Morgan fingerprint density at radius 1 is 1.22 bits per heavy atom. The van der Waals surface area contributed by atoms with Crippen LogP contribution in [0.15, 0.2) is 21.4 Å². The van der Waals surface area contributed by atoms with Crippen molar-refractivity contribution in [2.24, 2.45) is 10.3 Å². The van der Waals surface area contributed by atoms with Gasteiger partial charge in [-0.05, 0) is 18.9 Å². The van der Waals surface area contributed by atoms with E-state index in [4.69, 9.17) is 9.47 Å². The van der Waals surface area contributed by atoms with Crippen LogP contribution in [0, 0.1) is 11.7 Å². The first kappa shape index (κ1) is 14.9. The molecule has 0 amide bonds. The molecule has 0 spiro atoms. The van der Waals surface area contributed by atoms with Gasteiger partial charge in [-0.25, -0.2) is 4.39 Å². The molecular weight excluding hydrogens is 323 g/mol. The lowest BCUT2D eigenvalue weighted by Crippen LogP contribution is -2.28. The molecule has 1 aromatic carbocycles. The fraction of sp³-hybridized carbons (Fsp3) is 0.533. The Balaban J connectivity index is 1.72. The van der Waals surface area contributed by atoms with Crippen molar-refractivity contribution in [1.29, 1.82) is 0 Å². The second-order valence-corrected chi connectivity index (χ2v) is 7.63. The minimum absolute atomic E-state index is 0.109. The summed E-state index contributed by atoms with van der Waals surface area (Å²) in [5.41, 5.74) is 0.301. The number of nitrogens with zero attached hydrogens (tertiary/aromatic N) is 1. The summed E-state index contributed by atoms with van der Waals surface area (Å²) in [6, 6.07) is 2.22. The van der Waals surface area contributed by atoms with Crippen molar-refractivity contribution < 1.29 is 22.3 Å². The normalized spacial score (nSPS) is 23.6. The highest BCUT2D eigenvalue weighted by atomic mass is 32.2. The molecule has 124 valence electrons. The molecular formula is C15H17FN2O4S. The number of amidine groups is 1. The lowest BCUT2D eigenvalue weighted by Gasteiger charge is -2.26. The fourth-order valence-corrected chi connectivity index (χ4v) is 4.04. The SMILES string of the molecule is O=S1(=O)N=C(C2CC2)Nc2c(OC3CCOCC3)cc(F)cc21. The van der Waals surface area contributed by atoms with Gasteiger partial charge >= 0.3 is 0 Å². The molecule has 1 saturated heterocycles. The molecule has 2 heterocycles. The number of hydrogen-bond acceptors (Lipinski definition) is 5. The first-order chi connectivity index (χ1) is 11.0. The zero-order chi connectivity index (χ0) is 16.0. The van der Waals surface area contributed by atoms with E-state index in [1.165, 1.54) is 6.07 Å². The molecule has 0 bridgehead atoms. The van der Waals surface area contributed by atoms with Crippen LogP contribution in [0.4, 0.5) is 10.1 Å². The topological polar surface area (TPSA) is 77.0 Å². The Kier molecular flexibility index (Phi) is 3.53. The monoisotopic (exact) mass is 340 g/mol. The van der Waals surface area contributed by atoms with Crippen LogP contribution in [-0.4, -0.2) is 33.6 Å². The van der Waals surface area contributed by atoms with Gasteiger partial charge < -0.3 is 14.8 Å². The lowest BCUT2D eigenvalue weighted by molar-refractivity contribution is 0.0257. The maximum atomic E-state index is 13.9. The molecule has 23 heavy (non-hydrogen) atoms. The average molecular weight is 340 g/mol. The molecule has 4 rings (SSSR count). The number of anilines is 1. The number of nitrogens with one attached hydrogen (secondary N) is 1. The smallest absolute Gasteiger partial charge is 0.286 e. The number of halogens is 1. The van der Waals surface area contributed by atoms with Crippen molar-refractivity contribution in [2.45, 2.75) is 36.7 Å². The van der Waals surface area contributed by atoms with Gasteiger partial charge in [0.2, 0.25) is 0 Å². The molecule has 1 aliphatic carbocycles. The minimum atomic E-state index is -3.90. The molecule has 1 saturated carbocycles. The fourth-order valence-electron chi connectivity index (χ4n) is 2.81. The molecule has 0 aromatic heterocycles. The number of sulfonamides is 1. The van der Waals surface area contributed by atoms with Crippen LogP contribution in [0.2, 0.25) is 0 Å². The number of hydrogen-bond donors (Lipinski definition) is 1. The second kappa shape index (κ2) is 5.45. The molecule has 0 unspecified atom stereocenters. The van der Waals surface area contributed by atoms with Crippen LogP contribution >= 0.6 is 0 Å². The summed E-state index contributed by atoms with van der Waals surface area (Å²) < 4.78 is 53.5. The van der Waals surface area contributed by atoms with Gasteiger partial charge in [0.05, 0.1) is 13.2 Å². The van der Waals surface area contributed by atoms with Gasteiger partial charge in [-0.15, -0.1) is 4.40 Å². The Labute approximate surface area is 133 Å². The van der Waals surface area contributed by atoms with E-state index in [1.807, 2.05) is 0 Å². The maximum Gasteiger partial charge on any atom is 0.286 e. The van der Waals surface area contributed by atoms with Crippen LogP contribution in [0.25, 0.3) is 0 Å². The first-order valence-corrected chi connectivity index (χ1v) is 9.17. The van der Waals surface area contributed by atoms with Crippen LogP contribution in [0.3, 0.4) is 0 Å². The largest absolute Gasteiger partial charge is 0.488 e. The van der Waals surface area contributed by atoms with Crippen LogP contribution < -0.4 is 10.1 Å². The van der Waals surface area contributed by atoms with Crippen molar-refractivity contribution in [3.05, 3.63) is 17.9 Å². The predicted octanol–water partition coefficient (Wildman–Crippen LogP) is 2.31. The van der Waals surface area contributed by atoms with Gasteiger partial charge in [-0.3, -0.25) is 0 Å². The third kappa shape index (κ3) is 2.92. The van der Waals surface area contributed by atoms with Gasteiger partial charge in [0, 0.05) is 24.8 Å². The van der Waals surface area contributed by atoms with E-state index in [0.717, 1.165) is 18.9 Å². The number of ether oxygens (including phenoxy) is 2. The van der Waals surface area contributed by atoms with E-state index < -0.39 is 15.8 Å². The molecule has 2 aliphatic heterocycles. The molecule has 6 nitrogen and oxygen atoms in total. The summed E-state index contributed by atoms with van der Waals surface area (Å²) in [5.74, 6) is 0.143. The van der Waals surface area contributed by atoms with E-state index in [9.17, 15) is 12.8 Å². The second-order valence-electron chi connectivity index (χ2n) is 6.06. The Hall–Kier alpha value is -1.67. The van der Waals surface area contributed by atoms with E-state index in [-0.39, 0.29) is 22.7 Å². The van der Waals surface area contributed by atoms with E-state index >= 15 is 0 Å². The number of rotatable bonds is 3. The molecule has 2 fully saturated rings. The third-order valence-corrected chi connectivity index (χ3v) is 5.52. The third-order valence-electron chi connectivity index (χ3n) is 4.21. The highest BCUT2D eigenvalue weighted by Crippen LogP contribution is 2.41. The van der Waals surface area contributed by atoms with Gasteiger partial charge in [-0.1, -0.05) is 0 Å². The highest BCUT2D eigenvalue weighted by molar-refractivity contribution is 7.90. The summed E-state index contributed by atoms with van der Waals surface area (Å²) in [5, 5.41) is 3.05. The molecule has 3 aliphatic rings. The van der Waals surface area contributed by atoms with Crippen molar-refractivity contribution in [2.75, 3.05) is 18.5 Å². The van der Waals surface area contributed by atoms with Gasteiger partial charge in [-0.2, -0.15) is 8.42 Å². The summed E-state index contributed by atoms with van der Waals surface area (Å²) in [4.78, 5) is -0.163. The van der Waals surface area contributed by atoms with Crippen LogP contribution in [-0.2, 0) is 14.8 Å². The Morgan fingerprint density at radius 2 is 1.96 bits per heavy atom.